The van der Waals surface area contributed by atoms with Crippen LogP contribution in [-0.2, 0) is 0 Å². The first-order valence-corrected chi connectivity index (χ1v) is 8.58. The predicted molar refractivity (Wildman–Crippen MR) is 108 cm³/mol. The standard InChI is InChI=1S/C17H29N9/c1-25(2)11-9-19-15-22-16(20-10-12-26(3)4)24-17(23-15)21-14-7-5-13(18)6-8-14/h5-8H,9-12,18H2,1-4H3,(H3,19,20,21,22,23,24). The summed E-state index contributed by atoms with van der Waals surface area (Å²) in [7, 11) is 8.10. The van der Waals surface area contributed by atoms with Gasteiger partial charge < -0.3 is 31.5 Å². The second-order valence-electron chi connectivity index (χ2n) is 6.51. The number of anilines is 5. The molecule has 0 saturated heterocycles. The molecule has 5 N–H and O–H groups in total. The Balaban J connectivity index is 2.11. The molecule has 0 unspecified atom stereocenters. The molecule has 0 fully saturated rings. The van der Waals surface area contributed by atoms with E-state index in [1.165, 1.54) is 0 Å². The maximum atomic E-state index is 5.73. The summed E-state index contributed by atoms with van der Waals surface area (Å²) in [6.45, 7) is 3.26. The number of hydrogen-bond acceptors (Lipinski definition) is 9. The van der Waals surface area contributed by atoms with Crippen LogP contribution in [0.1, 0.15) is 0 Å². The zero-order valence-corrected chi connectivity index (χ0v) is 16.0. The van der Waals surface area contributed by atoms with Gasteiger partial charge in [0.05, 0.1) is 0 Å². The molecule has 0 amide bonds. The summed E-state index contributed by atoms with van der Waals surface area (Å²) in [5.41, 5.74) is 7.31. The van der Waals surface area contributed by atoms with E-state index >= 15 is 0 Å². The summed E-state index contributed by atoms with van der Waals surface area (Å²) in [6.07, 6.45) is 0. The van der Waals surface area contributed by atoms with E-state index in [4.69, 9.17) is 5.73 Å². The summed E-state index contributed by atoms with van der Waals surface area (Å²) < 4.78 is 0. The van der Waals surface area contributed by atoms with Gasteiger partial charge in [-0.1, -0.05) is 0 Å². The third kappa shape index (κ3) is 7.08. The van der Waals surface area contributed by atoms with Crippen molar-refractivity contribution in [2.24, 2.45) is 0 Å². The number of likely N-dealkylation sites (N-methyl/N-ethyl adjacent to an activating group) is 2. The SMILES string of the molecule is CN(C)CCNc1nc(NCCN(C)C)nc(Nc2ccc(N)cc2)n1. The van der Waals surface area contributed by atoms with Gasteiger partial charge in [0.25, 0.3) is 0 Å². The first kappa shape index (κ1) is 19.7. The second kappa shape index (κ2) is 9.73. The molecule has 1 aromatic heterocycles. The molecule has 0 bridgehead atoms. The van der Waals surface area contributed by atoms with Crippen molar-refractivity contribution < 1.29 is 0 Å². The minimum absolute atomic E-state index is 0.476. The molecule has 1 aromatic carbocycles. The average Bonchev–Trinajstić information content (AvgIpc) is 2.56. The number of nitrogen functional groups attached to an aromatic ring is 1. The van der Waals surface area contributed by atoms with Gasteiger partial charge in [-0.3, -0.25) is 0 Å². The Morgan fingerprint density at radius 3 is 1.69 bits per heavy atom. The van der Waals surface area contributed by atoms with E-state index in [9.17, 15) is 0 Å². The van der Waals surface area contributed by atoms with E-state index in [1.54, 1.807) is 0 Å². The molecule has 142 valence electrons. The van der Waals surface area contributed by atoms with Crippen LogP contribution < -0.4 is 21.7 Å². The Morgan fingerprint density at radius 1 is 0.769 bits per heavy atom. The van der Waals surface area contributed by atoms with Crippen molar-refractivity contribution in [2.45, 2.75) is 0 Å². The highest BCUT2D eigenvalue weighted by Crippen LogP contribution is 2.17. The Hall–Kier alpha value is -2.65. The van der Waals surface area contributed by atoms with Crippen LogP contribution in [0, 0.1) is 0 Å². The van der Waals surface area contributed by atoms with Gasteiger partial charge in [-0.25, -0.2) is 0 Å². The fourth-order valence-electron chi connectivity index (χ4n) is 2.07. The van der Waals surface area contributed by atoms with Crippen molar-refractivity contribution >= 4 is 29.2 Å². The van der Waals surface area contributed by atoms with Crippen LogP contribution in [0.2, 0.25) is 0 Å². The minimum Gasteiger partial charge on any atom is -0.399 e. The molecule has 0 saturated carbocycles. The van der Waals surface area contributed by atoms with E-state index in [1.807, 2.05) is 52.5 Å². The molecule has 2 rings (SSSR count). The van der Waals surface area contributed by atoms with Crippen molar-refractivity contribution in [3.63, 3.8) is 0 Å². The molecule has 9 heteroatoms. The third-order valence-electron chi connectivity index (χ3n) is 3.49. The summed E-state index contributed by atoms with van der Waals surface area (Å²) in [6, 6.07) is 7.43. The van der Waals surface area contributed by atoms with Crippen LogP contribution in [0.5, 0.6) is 0 Å². The molecule has 0 aliphatic heterocycles. The van der Waals surface area contributed by atoms with E-state index < -0.39 is 0 Å². The molecule has 26 heavy (non-hydrogen) atoms. The Kier molecular flexibility index (Phi) is 7.37. The number of rotatable bonds is 10. The van der Waals surface area contributed by atoms with Gasteiger partial charge in [-0.05, 0) is 52.5 Å². The Bertz CT molecular complexity index is 638. The van der Waals surface area contributed by atoms with E-state index in [2.05, 4.69) is 40.7 Å². The lowest BCUT2D eigenvalue weighted by atomic mass is 10.3. The monoisotopic (exact) mass is 359 g/mol. The number of nitrogens with zero attached hydrogens (tertiary/aromatic N) is 5. The van der Waals surface area contributed by atoms with E-state index in [0.717, 1.165) is 31.9 Å². The van der Waals surface area contributed by atoms with Crippen molar-refractivity contribution in [3.8, 4) is 0 Å². The van der Waals surface area contributed by atoms with Crippen LogP contribution in [0.4, 0.5) is 29.2 Å². The van der Waals surface area contributed by atoms with Gasteiger partial charge in [0.15, 0.2) is 0 Å². The predicted octanol–water partition coefficient (Wildman–Crippen LogP) is 1.14. The minimum atomic E-state index is 0.476. The fourth-order valence-corrected chi connectivity index (χ4v) is 2.07. The highest BCUT2D eigenvalue weighted by molar-refractivity contribution is 5.58. The van der Waals surface area contributed by atoms with Gasteiger partial charge in [0.2, 0.25) is 17.8 Å². The van der Waals surface area contributed by atoms with Gasteiger partial charge in [-0.15, -0.1) is 0 Å². The van der Waals surface area contributed by atoms with Gasteiger partial charge in [0.1, 0.15) is 0 Å². The summed E-state index contributed by atoms with van der Waals surface area (Å²) in [5, 5.41) is 9.66. The zero-order valence-electron chi connectivity index (χ0n) is 16.0. The number of nitrogens with one attached hydrogen (secondary N) is 3. The molecule has 1 heterocycles. The fraction of sp³-hybridized carbons (Fsp3) is 0.471. The van der Waals surface area contributed by atoms with Crippen molar-refractivity contribution in [1.82, 2.24) is 24.8 Å². The number of nitrogens with two attached hydrogens (primary N) is 1. The van der Waals surface area contributed by atoms with E-state index in [0.29, 0.717) is 23.5 Å². The summed E-state index contributed by atoms with van der Waals surface area (Å²) in [5.74, 6) is 1.55. The first-order valence-electron chi connectivity index (χ1n) is 8.58. The molecule has 2 aromatic rings. The van der Waals surface area contributed by atoms with Crippen LogP contribution in [0.15, 0.2) is 24.3 Å². The largest absolute Gasteiger partial charge is 0.399 e. The third-order valence-corrected chi connectivity index (χ3v) is 3.49. The normalized spacial score (nSPS) is 11.0. The zero-order chi connectivity index (χ0) is 18.9. The quantitative estimate of drug-likeness (QED) is 0.465. The lowest BCUT2D eigenvalue weighted by molar-refractivity contribution is 0.424. The van der Waals surface area contributed by atoms with Gasteiger partial charge in [-0.2, -0.15) is 15.0 Å². The lowest BCUT2D eigenvalue weighted by Crippen LogP contribution is -2.23. The van der Waals surface area contributed by atoms with E-state index in [-0.39, 0.29) is 0 Å². The molecule has 0 spiro atoms. The summed E-state index contributed by atoms with van der Waals surface area (Å²) >= 11 is 0. The first-order chi connectivity index (χ1) is 12.4. The number of hydrogen-bond donors (Lipinski definition) is 4. The second-order valence-corrected chi connectivity index (χ2v) is 6.51. The van der Waals surface area contributed by atoms with Gasteiger partial charge >= 0.3 is 0 Å². The maximum Gasteiger partial charge on any atom is 0.233 e. The molecule has 9 nitrogen and oxygen atoms in total. The molecule has 0 aliphatic rings. The lowest BCUT2D eigenvalue weighted by Gasteiger charge is -2.14. The molecule has 0 radical (unpaired) electrons. The number of aromatic nitrogens is 3. The van der Waals surface area contributed by atoms with Crippen LogP contribution in [0.25, 0.3) is 0 Å². The van der Waals surface area contributed by atoms with Crippen molar-refractivity contribution in [2.75, 3.05) is 76.1 Å². The molecule has 0 aliphatic carbocycles. The molecular weight excluding hydrogens is 330 g/mol. The summed E-state index contributed by atoms with van der Waals surface area (Å²) in [4.78, 5) is 17.5. The smallest absolute Gasteiger partial charge is 0.233 e. The van der Waals surface area contributed by atoms with Crippen molar-refractivity contribution in [3.05, 3.63) is 24.3 Å². The molecule has 0 atom stereocenters. The Morgan fingerprint density at radius 2 is 1.23 bits per heavy atom. The highest BCUT2D eigenvalue weighted by Gasteiger charge is 2.07. The maximum absolute atomic E-state index is 5.73. The molecular formula is C17H29N9. The average molecular weight is 359 g/mol. The highest BCUT2D eigenvalue weighted by atomic mass is 15.3. The van der Waals surface area contributed by atoms with Crippen molar-refractivity contribution in [1.29, 1.82) is 0 Å². The van der Waals surface area contributed by atoms with Gasteiger partial charge in [0, 0.05) is 37.6 Å². The topological polar surface area (TPSA) is 107 Å². The van der Waals surface area contributed by atoms with Crippen LogP contribution in [-0.4, -0.2) is 79.1 Å². The Labute approximate surface area is 155 Å². The number of benzene rings is 1. The van der Waals surface area contributed by atoms with Crippen LogP contribution in [0.3, 0.4) is 0 Å². The van der Waals surface area contributed by atoms with Crippen LogP contribution >= 0.6 is 0 Å².